The maximum Gasteiger partial charge on any atom is 0.429 e. The molecule has 1 aromatic heterocycles. The van der Waals surface area contributed by atoms with Gasteiger partial charge in [-0.3, -0.25) is 14.4 Å². The van der Waals surface area contributed by atoms with Gasteiger partial charge in [0.25, 0.3) is 0 Å². The maximum atomic E-state index is 14.8. The van der Waals surface area contributed by atoms with Crippen molar-refractivity contribution in [2.24, 2.45) is 15.0 Å². The molecule has 4 aliphatic rings. The fourth-order valence-corrected chi connectivity index (χ4v) is 7.36. The molecule has 11 nitrogen and oxygen atoms in total. The van der Waals surface area contributed by atoms with E-state index in [1.54, 1.807) is 31.2 Å². The van der Waals surface area contributed by atoms with E-state index < -0.39 is 30.2 Å². The highest BCUT2D eigenvalue weighted by Crippen LogP contribution is 2.40. The molecule has 0 spiro atoms. The predicted octanol–water partition coefficient (Wildman–Crippen LogP) is 8.13. The van der Waals surface area contributed by atoms with Crippen LogP contribution >= 0.6 is 0 Å². The second-order valence-corrected chi connectivity index (χ2v) is 14.8. The first kappa shape index (κ1) is 44.3. The van der Waals surface area contributed by atoms with E-state index >= 15 is 0 Å². The second-order valence-electron chi connectivity index (χ2n) is 14.8. The summed E-state index contributed by atoms with van der Waals surface area (Å²) in [6.45, 7) is 10.0. The Morgan fingerprint density at radius 3 is 2.02 bits per heavy atom. The smallest absolute Gasteiger partial charge is 0.429 e. The Morgan fingerprint density at radius 2 is 1.39 bits per heavy atom. The maximum absolute atomic E-state index is 14.8. The van der Waals surface area contributed by atoms with Gasteiger partial charge in [-0.25, -0.2) is 15.0 Å². The number of aromatic nitrogens is 1. The molecule has 0 aliphatic carbocycles. The van der Waals surface area contributed by atoms with Gasteiger partial charge in [-0.05, 0) is 117 Å². The van der Waals surface area contributed by atoms with Crippen LogP contribution in [0.15, 0.2) is 89.5 Å². The van der Waals surface area contributed by atoms with Gasteiger partial charge < -0.3 is 24.3 Å². The number of fused-ring (bicyclic) bond motifs is 5. The van der Waals surface area contributed by atoms with Gasteiger partial charge in [0.2, 0.25) is 6.10 Å². The van der Waals surface area contributed by atoms with Crippen LogP contribution in [0.2, 0.25) is 0 Å². The number of ether oxygens (including phenoxy) is 3. The van der Waals surface area contributed by atoms with Gasteiger partial charge in [-0.15, -0.1) is 0 Å². The van der Waals surface area contributed by atoms with Crippen molar-refractivity contribution in [1.29, 1.82) is 0 Å². The molecule has 4 aliphatic heterocycles. The summed E-state index contributed by atoms with van der Waals surface area (Å²) in [6.07, 6.45) is 7.53. The number of aliphatic hydroxyl groups is 1. The average molecular weight is 817 g/mol. The average Bonchev–Trinajstić information content (AvgIpc) is 3.85. The molecule has 0 saturated carbocycles. The quantitative estimate of drug-likeness (QED) is 0.0833. The molecule has 0 radical (unpaired) electrons. The molecule has 0 saturated heterocycles. The van der Waals surface area contributed by atoms with Crippen molar-refractivity contribution in [2.45, 2.75) is 112 Å². The zero-order valence-corrected chi connectivity index (χ0v) is 34.8. The third-order valence-corrected chi connectivity index (χ3v) is 10.7. The summed E-state index contributed by atoms with van der Waals surface area (Å²) in [7, 11) is 2.62. The summed E-state index contributed by atoms with van der Waals surface area (Å²) in [4.78, 5) is 54.8. The lowest BCUT2D eigenvalue weighted by Crippen LogP contribution is -2.35. The lowest BCUT2D eigenvalue weighted by atomic mass is 9.96. The summed E-state index contributed by atoms with van der Waals surface area (Å²) in [5.41, 5.74) is 5.90. The van der Waals surface area contributed by atoms with Crippen molar-refractivity contribution in [3.05, 3.63) is 96.3 Å². The highest BCUT2D eigenvalue weighted by molar-refractivity contribution is 6.24. The molecule has 1 unspecified atom stereocenters. The summed E-state index contributed by atoms with van der Waals surface area (Å²) in [6, 6.07) is 0. The number of carbonyl (C=O) groups excluding carboxylic acids is 3. The van der Waals surface area contributed by atoms with E-state index in [1.807, 2.05) is 19.9 Å². The third-order valence-electron chi connectivity index (χ3n) is 10.7. The molecule has 5 heterocycles. The minimum Gasteiger partial charge on any atom is -0.512 e. The Labute approximate surface area is 341 Å². The molecule has 314 valence electrons. The molecule has 0 fully saturated rings. The summed E-state index contributed by atoms with van der Waals surface area (Å²) < 4.78 is 59.2. The number of unbranched alkanes of at least 4 members (excludes halogenated alkanes) is 3. The van der Waals surface area contributed by atoms with Crippen molar-refractivity contribution in [3.63, 3.8) is 0 Å². The number of hydrogen-bond acceptors (Lipinski definition) is 10. The van der Waals surface area contributed by atoms with Gasteiger partial charge in [0.15, 0.2) is 0 Å². The lowest BCUT2D eigenvalue weighted by Gasteiger charge is -2.22. The molecule has 59 heavy (non-hydrogen) atoms. The highest BCUT2D eigenvalue weighted by Gasteiger charge is 2.48. The van der Waals surface area contributed by atoms with Crippen molar-refractivity contribution in [1.82, 2.24) is 4.98 Å². The first-order valence-electron chi connectivity index (χ1n) is 19.7. The van der Waals surface area contributed by atoms with Crippen LogP contribution in [0, 0.1) is 6.92 Å². The highest BCUT2D eigenvalue weighted by atomic mass is 19.4. The second kappa shape index (κ2) is 18.9. The molecule has 1 aromatic rings. The fourth-order valence-electron chi connectivity index (χ4n) is 7.36. The van der Waals surface area contributed by atoms with Crippen LogP contribution < -0.4 is 10.6 Å². The SMILES string of the molecule is CCCCCC/C(O)=C/C=c1/c(C)c2[nH]c1=CC1=NC(=CC3=NC(=CC4=NC(=C2)C(C(OC(C)=O)C(F)(F)F)=C4C)C(C)=C3CCC(=O)OC)C(CCC(=O)OC)=C1C. The molecular weight excluding hydrogens is 766 g/mol. The standard InChI is InChI=1S/C45H51F3N4O7/c1-9-10-11-12-13-29(54)14-15-30-24(2)35-22-40-43(44(45(46,47)48)59-28(6)53)27(5)36(52-40)20-33-25(3)31(16-18-41(55)57-7)38(49-33)23-39-32(17-19-42(56)58-8)26(4)34(50-39)21-37(30)51-35/h14-15,20-23,44,51,54H,9-13,16-19H2,1-8H3/b29-14-,30-15-,33-20?,37-21?,39-23?,40-22?. The third kappa shape index (κ3) is 10.3. The topological polar surface area (TPSA) is 152 Å². The number of nitrogens with one attached hydrogen (secondary N) is 1. The number of allylic oxidation sites excluding steroid dienone is 9. The first-order valence-corrected chi connectivity index (χ1v) is 19.7. The molecule has 1 atom stereocenters. The Morgan fingerprint density at radius 1 is 0.780 bits per heavy atom. The van der Waals surface area contributed by atoms with Crippen LogP contribution in [0.4, 0.5) is 13.2 Å². The summed E-state index contributed by atoms with van der Waals surface area (Å²) in [5, 5.41) is 12.0. The number of aliphatic imine (C=N–C) groups is 3. The monoisotopic (exact) mass is 816 g/mol. The van der Waals surface area contributed by atoms with Gasteiger partial charge in [-0.2, -0.15) is 13.2 Å². The molecule has 14 heteroatoms. The van der Waals surface area contributed by atoms with Crippen molar-refractivity contribution in [2.75, 3.05) is 14.2 Å². The normalized spacial score (nSPS) is 17.6. The minimum absolute atomic E-state index is 0.0356. The molecule has 0 aromatic carbocycles. The number of methoxy groups -OCH3 is 2. The van der Waals surface area contributed by atoms with Crippen molar-refractivity contribution < 1.29 is 46.9 Å². The number of rotatable bonds is 14. The molecular formula is C45H51F3N4O7. The van der Waals surface area contributed by atoms with E-state index in [0.717, 1.165) is 43.8 Å². The predicted molar refractivity (Wildman–Crippen MR) is 222 cm³/mol. The van der Waals surface area contributed by atoms with Crippen LogP contribution in [0.3, 0.4) is 0 Å². The van der Waals surface area contributed by atoms with Gasteiger partial charge >= 0.3 is 24.1 Å². The molecule has 5 rings (SSSR count). The van der Waals surface area contributed by atoms with E-state index in [4.69, 9.17) is 29.2 Å². The van der Waals surface area contributed by atoms with Crippen LogP contribution in [0.25, 0.3) is 18.2 Å². The van der Waals surface area contributed by atoms with E-state index in [1.165, 1.54) is 27.2 Å². The fraction of sp³-hybridized carbons (Fsp3) is 0.422. The van der Waals surface area contributed by atoms with E-state index in [2.05, 4.69) is 11.9 Å². The number of halogens is 3. The van der Waals surface area contributed by atoms with Crippen LogP contribution in [0.5, 0.6) is 0 Å². The van der Waals surface area contributed by atoms with Gasteiger partial charge in [0.05, 0.1) is 54.2 Å². The van der Waals surface area contributed by atoms with E-state index in [-0.39, 0.29) is 47.6 Å². The van der Waals surface area contributed by atoms with E-state index in [9.17, 15) is 32.7 Å². The number of nitrogens with zero attached hydrogens (tertiary/aromatic N) is 3. The summed E-state index contributed by atoms with van der Waals surface area (Å²) >= 11 is 0. The minimum atomic E-state index is -4.98. The number of aromatic amines is 1. The zero-order valence-electron chi connectivity index (χ0n) is 34.8. The Kier molecular flexibility index (Phi) is 14.2. The van der Waals surface area contributed by atoms with Gasteiger partial charge in [0.1, 0.15) is 0 Å². The Bertz CT molecular complexity index is 2380. The van der Waals surface area contributed by atoms with Crippen LogP contribution in [0.1, 0.15) is 104 Å². The number of esters is 3. The lowest BCUT2D eigenvalue weighted by molar-refractivity contribution is -0.209. The summed E-state index contributed by atoms with van der Waals surface area (Å²) in [5.74, 6) is -1.76. The van der Waals surface area contributed by atoms with Crippen LogP contribution in [-0.4, -0.2) is 71.6 Å². The first-order chi connectivity index (χ1) is 28.0. The molecule has 0 amide bonds. The number of alkyl halides is 3. The van der Waals surface area contributed by atoms with E-state index in [0.29, 0.717) is 68.6 Å². The van der Waals surface area contributed by atoms with Gasteiger partial charge in [-0.1, -0.05) is 26.2 Å². The van der Waals surface area contributed by atoms with Crippen molar-refractivity contribution >= 4 is 53.3 Å². The number of carbonyl (C=O) groups is 3. The number of H-pyrrole nitrogens is 1. The number of aliphatic hydroxyl groups excluding tert-OH is 1. The number of hydrogen-bond donors (Lipinski definition) is 2. The Balaban J connectivity index is 1.84. The van der Waals surface area contributed by atoms with Crippen molar-refractivity contribution in [3.8, 4) is 0 Å². The Hall–Kier alpha value is -5.79. The largest absolute Gasteiger partial charge is 0.512 e. The zero-order chi connectivity index (χ0) is 43.2. The molecule has 8 bridgehead atoms. The molecule has 2 N–H and O–H groups in total. The van der Waals surface area contributed by atoms with Gasteiger partial charge in [0, 0.05) is 48.0 Å². The van der Waals surface area contributed by atoms with Crippen LogP contribution in [-0.2, 0) is 28.6 Å².